The molecular weight excluding hydrogens is 248 g/mol. The summed E-state index contributed by atoms with van der Waals surface area (Å²) >= 11 is 0. The molecule has 0 spiro atoms. The SMILES string of the molecule is COCCC(C)CCCS(=O)(=O)c1ccccc1. The van der Waals surface area contributed by atoms with E-state index in [-0.39, 0.29) is 5.75 Å². The van der Waals surface area contributed by atoms with E-state index in [2.05, 4.69) is 6.92 Å². The fraction of sp³-hybridized carbons (Fsp3) is 0.571. The van der Waals surface area contributed by atoms with Gasteiger partial charge in [0.25, 0.3) is 0 Å². The third-order valence-corrected chi connectivity index (χ3v) is 4.84. The highest BCUT2D eigenvalue weighted by molar-refractivity contribution is 7.91. The lowest BCUT2D eigenvalue weighted by atomic mass is 10.0. The van der Waals surface area contributed by atoms with Crippen LogP contribution in [0.3, 0.4) is 0 Å². The van der Waals surface area contributed by atoms with Gasteiger partial charge in [-0.2, -0.15) is 0 Å². The zero-order valence-corrected chi connectivity index (χ0v) is 11.9. The smallest absolute Gasteiger partial charge is 0.178 e. The molecule has 4 heteroatoms. The van der Waals surface area contributed by atoms with Crippen LogP contribution in [0.2, 0.25) is 0 Å². The fourth-order valence-corrected chi connectivity index (χ4v) is 3.19. The molecular formula is C14H22O3S. The lowest BCUT2D eigenvalue weighted by Crippen LogP contribution is -2.09. The van der Waals surface area contributed by atoms with Crippen molar-refractivity contribution in [2.75, 3.05) is 19.5 Å². The van der Waals surface area contributed by atoms with Crippen LogP contribution in [0.15, 0.2) is 35.2 Å². The van der Waals surface area contributed by atoms with Crippen LogP contribution in [-0.2, 0) is 14.6 Å². The van der Waals surface area contributed by atoms with Gasteiger partial charge in [0.15, 0.2) is 9.84 Å². The zero-order valence-electron chi connectivity index (χ0n) is 11.1. The molecule has 0 saturated carbocycles. The topological polar surface area (TPSA) is 43.4 Å². The van der Waals surface area contributed by atoms with Crippen LogP contribution < -0.4 is 0 Å². The van der Waals surface area contributed by atoms with Gasteiger partial charge in [0.2, 0.25) is 0 Å². The van der Waals surface area contributed by atoms with E-state index in [0.29, 0.717) is 17.2 Å². The largest absolute Gasteiger partial charge is 0.385 e. The van der Waals surface area contributed by atoms with Gasteiger partial charge in [0.05, 0.1) is 10.6 Å². The summed E-state index contributed by atoms with van der Waals surface area (Å²) in [5.74, 6) is 0.741. The maximum Gasteiger partial charge on any atom is 0.178 e. The van der Waals surface area contributed by atoms with Crippen molar-refractivity contribution in [3.63, 3.8) is 0 Å². The van der Waals surface area contributed by atoms with Gasteiger partial charge in [0.1, 0.15) is 0 Å². The second-order valence-corrected chi connectivity index (χ2v) is 6.77. The molecule has 1 rings (SSSR count). The summed E-state index contributed by atoms with van der Waals surface area (Å²) in [6.45, 7) is 2.88. The molecule has 1 aromatic rings. The molecule has 0 radical (unpaired) electrons. The standard InChI is InChI=1S/C14H22O3S/c1-13(10-11-17-2)7-6-12-18(15,16)14-8-4-3-5-9-14/h3-5,8-9,13H,6-7,10-12H2,1-2H3. The van der Waals surface area contributed by atoms with Crippen LogP contribution in [0.25, 0.3) is 0 Å². The Balaban J connectivity index is 2.39. The first-order valence-corrected chi connectivity index (χ1v) is 7.98. The summed E-state index contributed by atoms with van der Waals surface area (Å²) in [4.78, 5) is 0.426. The van der Waals surface area contributed by atoms with Crippen molar-refractivity contribution in [3.05, 3.63) is 30.3 Å². The van der Waals surface area contributed by atoms with Gasteiger partial charge in [-0.15, -0.1) is 0 Å². The van der Waals surface area contributed by atoms with Crippen LogP contribution in [0.4, 0.5) is 0 Å². The minimum Gasteiger partial charge on any atom is -0.385 e. The monoisotopic (exact) mass is 270 g/mol. The number of methoxy groups -OCH3 is 1. The van der Waals surface area contributed by atoms with Gasteiger partial charge < -0.3 is 4.74 Å². The van der Waals surface area contributed by atoms with E-state index in [4.69, 9.17) is 4.74 Å². The van der Waals surface area contributed by atoms with E-state index in [1.54, 1.807) is 31.4 Å². The Morgan fingerprint density at radius 1 is 1.17 bits per heavy atom. The van der Waals surface area contributed by atoms with E-state index in [0.717, 1.165) is 19.4 Å². The molecule has 18 heavy (non-hydrogen) atoms. The Bertz CT molecular complexity index is 426. The summed E-state index contributed by atoms with van der Waals surface area (Å²) in [6.07, 6.45) is 2.62. The fourth-order valence-electron chi connectivity index (χ4n) is 1.83. The van der Waals surface area contributed by atoms with E-state index in [9.17, 15) is 8.42 Å². The van der Waals surface area contributed by atoms with Crippen molar-refractivity contribution < 1.29 is 13.2 Å². The lowest BCUT2D eigenvalue weighted by Gasteiger charge is -2.10. The van der Waals surface area contributed by atoms with Crippen LogP contribution >= 0.6 is 0 Å². The Labute approximate surface area is 110 Å². The molecule has 1 aromatic carbocycles. The van der Waals surface area contributed by atoms with Crippen molar-refractivity contribution in [1.29, 1.82) is 0 Å². The molecule has 1 atom stereocenters. The van der Waals surface area contributed by atoms with Crippen LogP contribution in [0.1, 0.15) is 26.2 Å². The molecule has 0 fully saturated rings. The van der Waals surface area contributed by atoms with Gasteiger partial charge in [-0.25, -0.2) is 8.42 Å². The second kappa shape index (κ2) is 7.54. The minimum atomic E-state index is -3.11. The Morgan fingerprint density at radius 2 is 1.83 bits per heavy atom. The number of benzene rings is 1. The first-order valence-electron chi connectivity index (χ1n) is 6.33. The molecule has 0 amide bonds. The van der Waals surface area contributed by atoms with Gasteiger partial charge in [0, 0.05) is 13.7 Å². The van der Waals surface area contributed by atoms with Crippen molar-refractivity contribution in [2.45, 2.75) is 31.1 Å². The highest BCUT2D eigenvalue weighted by Crippen LogP contribution is 2.15. The van der Waals surface area contributed by atoms with Gasteiger partial charge in [-0.1, -0.05) is 25.1 Å². The molecule has 102 valence electrons. The van der Waals surface area contributed by atoms with Crippen molar-refractivity contribution in [3.8, 4) is 0 Å². The third kappa shape index (κ3) is 5.19. The maximum absolute atomic E-state index is 12.0. The summed E-state index contributed by atoms with van der Waals surface area (Å²) in [5, 5.41) is 0. The van der Waals surface area contributed by atoms with E-state index >= 15 is 0 Å². The average Bonchev–Trinajstić information content (AvgIpc) is 2.37. The summed E-state index contributed by atoms with van der Waals surface area (Å²) in [6, 6.07) is 8.65. The summed E-state index contributed by atoms with van der Waals surface area (Å²) in [5.41, 5.74) is 0. The molecule has 0 aromatic heterocycles. The lowest BCUT2D eigenvalue weighted by molar-refractivity contribution is 0.178. The van der Waals surface area contributed by atoms with Crippen molar-refractivity contribution in [2.24, 2.45) is 5.92 Å². The molecule has 3 nitrogen and oxygen atoms in total. The van der Waals surface area contributed by atoms with Gasteiger partial charge in [-0.05, 0) is 37.3 Å². The first kappa shape index (κ1) is 15.2. The predicted molar refractivity (Wildman–Crippen MR) is 73.4 cm³/mol. The highest BCUT2D eigenvalue weighted by atomic mass is 32.2. The Morgan fingerprint density at radius 3 is 2.44 bits per heavy atom. The summed E-state index contributed by atoms with van der Waals surface area (Å²) < 4.78 is 29.0. The predicted octanol–water partition coefficient (Wildman–Crippen LogP) is 2.91. The normalized spacial score (nSPS) is 13.4. The van der Waals surface area contributed by atoms with E-state index in [1.165, 1.54) is 0 Å². The van der Waals surface area contributed by atoms with Crippen molar-refractivity contribution in [1.82, 2.24) is 0 Å². The molecule has 0 aliphatic rings. The van der Waals surface area contributed by atoms with E-state index < -0.39 is 9.84 Å². The van der Waals surface area contributed by atoms with Crippen LogP contribution in [0, 0.1) is 5.92 Å². The third-order valence-electron chi connectivity index (χ3n) is 3.03. The second-order valence-electron chi connectivity index (χ2n) is 4.66. The van der Waals surface area contributed by atoms with Crippen molar-refractivity contribution >= 4 is 9.84 Å². The molecule has 0 heterocycles. The van der Waals surface area contributed by atoms with Crippen LogP contribution in [0.5, 0.6) is 0 Å². The van der Waals surface area contributed by atoms with Crippen LogP contribution in [-0.4, -0.2) is 27.9 Å². The number of hydrogen-bond acceptors (Lipinski definition) is 3. The minimum absolute atomic E-state index is 0.230. The average molecular weight is 270 g/mol. The van der Waals surface area contributed by atoms with Gasteiger partial charge >= 0.3 is 0 Å². The number of sulfone groups is 1. The molecule has 0 aliphatic carbocycles. The van der Waals surface area contributed by atoms with E-state index in [1.807, 2.05) is 6.07 Å². The first-order chi connectivity index (χ1) is 8.56. The molecule has 0 N–H and O–H groups in total. The quantitative estimate of drug-likeness (QED) is 0.729. The Kier molecular flexibility index (Phi) is 6.36. The molecule has 0 saturated heterocycles. The maximum atomic E-state index is 12.0. The highest BCUT2D eigenvalue weighted by Gasteiger charge is 2.14. The Hall–Kier alpha value is -0.870. The zero-order chi connectivity index (χ0) is 13.4. The van der Waals surface area contributed by atoms with Gasteiger partial charge in [-0.3, -0.25) is 0 Å². The number of ether oxygens (including phenoxy) is 1. The molecule has 0 bridgehead atoms. The molecule has 1 unspecified atom stereocenters. The number of hydrogen-bond donors (Lipinski definition) is 0. The number of rotatable bonds is 8. The molecule has 0 aliphatic heterocycles. The summed E-state index contributed by atoms with van der Waals surface area (Å²) in [7, 11) is -1.42.